The topological polar surface area (TPSA) is 114 Å². The molecule has 2 N–H and O–H groups in total. The second-order valence-corrected chi connectivity index (χ2v) is 8.64. The van der Waals surface area contributed by atoms with E-state index in [0.29, 0.717) is 41.8 Å². The summed E-state index contributed by atoms with van der Waals surface area (Å²) in [6, 6.07) is 11.4. The molecular formula is C27H29FN4O5. The molecule has 2 heterocycles. The minimum absolute atomic E-state index is 0.0525. The number of nitrogens with one attached hydrogen (secondary N) is 1. The molecule has 194 valence electrons. The van der Waals surface area contributed by atoms with Crippen LogP contribution in [0.25, 0.3) is 0 Å². The predicted molar refractivity (Wildman–Crippen MR) is 136 cm³/mol. The van der Waals surface area contributed by atoms with E-state index >= 15 is 0 Å². The normalized spacial score (nSPS) is 15.2. The fourth-order valence-electron chi connectivity index (χ4n) is 4.16. The zero-order chi connectivity index (χ0) is 26.2. The summed E-state index contributed by atoms with van der Waals surface area (Å²) in [5.74, 6) is -0.0824. The SMILES string of the molecule is CCOc1ccccc1OC1CCCN(c2cncc(NC(=O)CCc3ccc(C(=O)O)c(F)c3)n2)C1. The van der Waals surface area contributed by atoms with Gasteiger partial charge in [0.2, 0.25) is 5.91 Å². The molecule has 4 rings (SSSR count). The predicted octanol–water partition coefficient (Wildman–Crippen LogP) is 4.33. The van der Waals surface area contributed by atoms with E-state index in [1.807, 2.05) is 31.2 Å². The number of nitrogens with zero attached hydrogens (tertiary/aromatic N) is 3. The smallest absolute Gasteiger partial charge is 0.338 e. The highest BCUT2D eigenvalue weighted by molar-refractivity contribution is 5.90. The van der Waals surface area contributed by atoms with Crippen LogP contribution in [0.4, 0.5) is 16.0 Å². The standard InChI is InChI=1S/C27H29FN4O5/c1-2-36-22-7-3-4-8-23(22)37-19-6-5-13-32(17-19)25-16-29-15-24(30-25)31-26(33)12-10-18-9-11-20(27(34)35)21(28)14-18/h3-4,7-9,11,14-16,19H,2,5-6,10,12-13,17H2,1H3,(H,34,35)(H,30,31,33). The number of hydrogen-bond donors (Lipinski definition) is 2. The number of carbonyl (C=O) groups is 2. The van der Waals surface area contributed by atoms with Crippen molar-refractivity contribution in [2.45, 2.75) is 38.7 Å². The molecule has 0 radical (unpaired) electrons. The summed E-state index contributed by atoms with van der Waals surface area (Å²) in [5.41, 5.74) is 0.131. The number of aromatic carboxylic acids is 1. The number of carbonyl (C=O) groups excluding carboxylic acids is 1. The average Bonchev–Trinajstić information content (AvgIpc) is 2.89. The molecule has 1 aliphatic heterocycles. The second-order valence-electron chi connectivity index (χ2n) is 8.64. The number of para-hydroxylation sites is 2. The molecule has 1 aliphatic rings. The Kier molecular flexibility index (Phi) is 8.50. The first-order chi connectivity index (χ1) is 17.9. The molecule has 10 heteroatoms. The molecule has 1 aromatic heterocycles. The molecule has 3 aromatic rings. The van der Waals surface area contributed by atoms with Crippen LogP contribution in [0.1, 0.15) is 42.1 Å². The Morgan fingerprint density at radius 3 is 2.76 bits per heavy atom. The van der Waals surface area contributed by atoms with E-state index in [9.17, 15) is 14.0 Å². The first kappa shape index (κ1) is 25.9. The molecule has 1 unspecified atom stereocenters. The quantitative estimate of drug-likeness (QED) is 0.416. The van der Waals surface area contributed by atoms with Gasteiger partial charge >= 0.3 is 5.97 Å². The zero-order valence-electron chi connectivity index (χ0n) is 20.5. The maximum Gasteiger partial charge on any atom is 0.338 e. The Morgan fingerprint density at radius 2 is 2.00 bits per heavy atom. The highest BCUT2D eigenvalue weighted by Gasteiger charge is 2.24. The van der Waals surface area contributed by atoms with Crippen LogP contribution in [0.5, 0.6) is 11.5 Å². The van der Waals surface area contributed by atoms with Crippen LogP contribution in [0, 0.1) is 5.82 Å². The molecule has 9 nitrogen and oxygen atoms in total. The van der Waals surface area contributed by atoms with Gasteiger partial charge in [0.25, 0.3) is 0 Å². The molecule has 1 fully saturated rings. The van der Waals surface area contributed by atoms with Crippen molar-refractivity contribution in [3.05, 3.63) is 71.8 Å². The fourth-order valence-corrected chi connectivity index (χ4v) is 4.16. The molecule has 0 aliphatic carbocycles. The van der Waals surface area contributed by atoms with Crippen LogP contribution in [0.15, 0.2) is 54.9 Å². The Balaban J connectivity index is 1.34. The Hall–Kier alpha value is -4.21. The van der Waals surface area contributed by atoms with Crippen molar-refractivity contribution in [3.63, 3.8) is 0 Å². The van der Waals surface area contributed by atoms with Gasteiger partial charge < -0.3 is 24.8 Å². The van der Waals surface area contributed by atoms with Crippen LogP contribution < -0.4 is 19.7 Å². The fraction of sp³-hybridized carbons (Fsp3) is 0.333. The highest BCUT2D eigenvalue weighted by atomic mass is 19.1. The van der Waals surface area contributed by atoms with Gasteiger partial charge in [-0.2, -0.15) is 0 Å². The third kappa shape index (κ3) is 6.93. The number of ether oxygens (including phenoxy) is 2. The van der Waals surface area contributed by atoms with Gasteiger partial charge in [0.15, 0.2) is 17.3 Å². The minimum atomic E-state index is -1.33. The van der Waals surface area contributed by atoms with Gasteiger partial charge in [-0.05, 0) is 56.0 Å². The van der Waals surface area contributed by atoms with E-state index in [4.69, 9.17) is 14.6 Å². The molecular weight excluding hydrogens is 479 g/mol. The molecule has 0 spiro atoms. The molecule has 2 aromatic carbocycles. The molecule has 1 amide bonds. The van der Waals surface area contributed by atoms with Crippen LogP contribution in [-0.2, 0) is 11.2 Å². The first-order valence-electron chi connectivity index (χ1n) is 12.2. The maximum atomic E-state index is 13.9. The number of halogens is 1. The number of hydrogen-bond acceptors (Lipinski definition) is 7. The molecule has 1 atom stereocenters. The lowest BCUT2D eigenvalue weighted by Crippen LogP contribution is -2.41. The highest BCUT2D eigenvalue weighted by Crippen LogP contribution is 2.30. The Morgan fingerprint density at radius 1 is 1.19 bits per heavy atom. The number of anilines is 2. The van der Waals surface area contributed by atoms with Gasteiger partial charge in [-0.25, -0.2) is 14.2 Å². The van der Waals surface area contributed by atoms with E-state index in [1.54, 1.807) is 6.20 Å². The van der Waals surface area contributed by atoms with Crippen molar-refractivity contribution >= 4 is 23.5 Å². The number of carboxylic acids is 1. The lowest BCUT2D eigenvalue weighted by molar-refractivity contribution is -0.116. The number of carboxylic acid groups (broad SMARTS) is 1. The van der Waals surface area contributed by atoms with E-state index in [0.717, 1.165) is 25.5 Å². The summed E-state index contributed by atoms with van der Waals surface area (Å²) in [4.78, 5) is 34.3. The third-order valence-corrected chi connectivity index (χ3v) is 5.94. The van der Waals surface area contributed by atoms with Crippen molar-refractivity contribution in [1.29, 1.82) is 0 Å². The van der Waals surface area contributed by atoms with Crippen molar-refractivity contribution in [1.82, 2.24) is 9.97 Å². The second kappa shape index (κ2) is 12.2. The minimum Gasteiger partial charge on any atom is -0.490 e. The van der Waals surface area contributed by atoms with Gasteiger partial charge in [-0.15, -0.1) is 0 Å². The van der Waals surface area contributed by atoms with Gasteiger partial charge in [-0.1, -0.05) is 18.2 Å². The van der Waals surface area contributed by atoms with Gasteiger partial charge in [0, 0.05) is 13.0 Å². The monoisotopic (exact) mass is 508 g/mol. The lowest BCUT2D eigenvalue weighted by Gasteiger charge is -2.33. The Labute approximate surface area is 214 Å². The summed E-state index contributed by atoms with van der Waals surface area (Å²) >= 11 is 0. The largest absolute Gasteiger partial charge is 0.490 e. The number of aryl methyl sites for hydroxylation is 1. The number of rotatable bonds is 10. The van der Waals surface area contributed by atoms with Crippen LogP contribution in [-0.4, -0.2) is 52.8 Å². The molecule has 37 heavy (non-hydrogen) atoms. The van der Waals surface area contributed by atoms with E-state index < -0.39 is 17.3 Å². The third-order valence-electron chi connectivity index (χ3n) is 5.94. The van der Waals surface area contributed by atoms with Crippen molar-refractivity contribution in [3.8, 4) is 11.5 Å². The average molecular weight is 509 g/mol. The summed E-state index contributed by atoms with van der Waals surface area (Å²) in [6.45, 7) is 3.89. The van der Waals surface area contributed by atoms with Crippen molar-refractivity contribution in [2.75, 3.05) is 29.9 Å². The van der Waals surface area contributed by atoms with E-state index in [1.165, 1.54) is 18.3 Å². The summed E-state index contributed by atoms with van der Waals surface area (Å²) in [6.07, 6.45) is 5.22. The molecule has 0 bridgehead atoms. The number of amides is 1. The summed E-state index contributed by atoms with van der Waals surface area (Å²) in [7, 11) is 0. The maximum absolute atomic E-state index is 13.9. The van der Waals surface area contributed by atoms with Crippen molar-refractivity contribution in [2.24, 2.45) is 0 Å². The van der Waals surface area contributed by atoms with Crippen LogP contribution >= 0.6 is 0 Å². The molecule has 0 saturated carbocycles. The van der Waals surface area contributed by atoms with E-state index in [2.05, 4.69) is 20.2 Å². The number of piperidine rings is 1. The summed E-state index contributed by atoms with van der Waals surface area (Å²) in [5, 5.41) is 11.7. The Bertz CT molecular complexity index is 1250. The van der Waals surface area contributed by atoms with Gasteiger partial charge in [0.05, 0.1) is 31.1 Å². The van der Waals surface area contributed by atoms with Gasteiger partial charge in [-0.3, -0.25) is 9.78 Å². The zero-order valence-corrected chi connectivity index (χ0v) is 20.5. The van der Waals surface area contributed by atoms with Crippen LogP contribution in [0.3, 0.4) is 0 Å². The number of aromatic nitrogens is 2. The lowest BCUT2D eigenvalue weighted by atomic mass is 10.1. The van der Waals surface area contributed by atoms with Gasteiger partial charge in [0.1, 0.15) is 17.7 Å². The molecule has 1 saturated heterocycles. The van der Waals surface area contributed by atoms with Crippen molar-refractivity contribution < 1.29 is 28.6 Å². The number of benzene rings is 2. The summed E-state index contributed by atoms with van der Waals surface area (Å²) < 4.78 is 25.8. The van der Waals surface area contributed by atoms with Crippen LogP contribution in [0.2, 0.25) is 0 Å². The first-order valence-corrected chi connectivity index (χ1v) is 12.2. The van der Waals surface area contributed by atoms with E-state index in [-0.39, 0.29) is 24.9 Å².